The van der Waals surface area contributed by atoms with Gasteiger partial charge in [0, 0.05) is 30.0 Å². The van der Waals surface area contributed by atoms with Crippen LogP contribution in [0.4, 0.5) is 0 Å². The van der Waals surface area contributed by atoms with Crippen molar-refractivity contribution >= 4 is 11.5 Å². The average molecular weight is 235 g/mol. The molecule has 0 radical (unpaired) electrons. The van der Waals surface area contributed by atoms with Gasteiger partial charge in [-0.1, -0.05) is 5.16 Å². The quantitative estimate of drug-likeness (QED) is 0.759. The van der Waals surface area contributed by atoms with E-state index in [4.69, 9.17) is 4.52 Å². The van der Waals surface area contributed by atoms with Crippen LogP contribution < -0.4 is 0 Å². The van der Waals surface area contributed by atoms with Crippen molar-refractivity contribution in [3.05, 3.63) is 22.7 Å². The zero-order valence-corrected chi connectivity index (χ0v) is 10.1. The van der Waals surface area contributed by atoms with E-state index < -0.39 is 0 Å². The summed E-state index contributed by atoms with van der Waals surface area (Å²) in [5.74, 6) is 0.843. The Hall–Kier alpha value is -1.20. The van der Waals surface area contributed by atoms with Crippen LogP contribution in [0.1, 0.15) is 18.2 Å². The van der Waals surface area contributed by atoms with E-state index in [9.17, 15) is 0 Å². The minimum Gasteiger partial charge on any atom is -0.354 e. The molecule has 2 aromatic heterocycles. The Morgan fingerprint density at radius 2 is 2.44 bits per heavy atom. The lowest BCUT2D eigenvalue weighted by Crippen LogP contribution is -2.34. The van der Waals surface area contributed by atoms with Crippen LogP contribution in [0.3, 0.4) is 0 Å². The summed E-state index contributed by atoms with van der Waals surface area (Å²) in [7, 11) is 2.13. The third-order valence-corrected chi connectivity index (χ3v) is 3.75. The van der Waals surface area contributed by atoms with Crippen LogP contribution >= 0.6 is 11.5 Å². The molecule has 0 spiro atoms. The maximum atomic E-state index is 5.43. The fraction of sp³-hybridized carbons (Fsp3) is 0.455. The highest BCUT2D eigenvalue weighted by atomic mass is 32.1. The van der Waals surface area contributed by atoms with Crippen molar-refractivity contribution in [2.24, 2.45) is 0 Å². The second-order valence-electron chi connectivity index (χ2n) is 4.29. The maximum absolute atomic E-state index is 5.43. The molecule has 3 rings (SSSR count). The van der Waals surface area contributed by atoms with E-state index in [1.807, 2.05) is 11.4 Å². The zero-order valence-electron chi connectivity index (χ0n) is 9.30. The number of hydrogen-bond acceptors (Lipinski definition) is 5. The molecule has 2 aromatic rings. The van der Waals surface area contributed by atoms with Crippen LogP contribution in [0, 0.1) is 0 Å². The highest BCUT2D eigenvalue weighted by Crippen LogP contribution is 2.31. The van der Waals surface area contributed by atoms with E-state index >= 15 is 0 Å². The Bertz CT molecular complexity index is 491. The number of hydrogen-bond donors (Lipinski definition) is 0. The predicted octanol–water partition coefficient (Wildman–Crippen LogP) is 2.17. The minimum atomic E-state index is 0.529. The fourth-order valence-electron chi connectivity index (χ4n) is 2.04. The summed E-state index contributed by atoms with van der Waals surface area (Å²) >= 11 is 1.44. The van der Waals surface area contributed by atoms with Gasteiger partial charge in [-0.05, 0) is 31.6 Å². The summed E-state index contributed by atoms with van der Waals surface area (Å²) in [5.41, 5.74) is 3.20. The molecule has 0 N–H and O–H groups in total. The lowest BCUT2D eigenvalue weighted by molar-refractivity contribution is 0.230. The number of fused-ring (bicyclic) bond motifs is 1. The van der Waals surface area contributed by atoms with E-state index in [0.29, 0.717) is 6.04 Å². The standard InChI is InChI=1S/C11H13N3OS/c1-7-5-10-8(6-14(7)2)11(15-12-10)9-3-4-16-13-9/h3-4,7H,5-6H2,1-2H3/t7-/m0/s1. The van der Waals surface area contributed by atoms with Crippen LogP contribution in [-0.2, 0) is 13.0 Å². The first-order valence-corrected chi connectivity index (χ1v) is 6.18. The first-order chi connectivity index (χ1) is 7.75. The molecule has 5 heteroatoms. The van der Waals surface area contributed by atoms with Gasteiger partial charge in [-0.2, -0.15) is 4.37 Å². The summed E-state index contributed by atoms with van der Waals surface area (Å²) < 4.78 is 9.73. The fourth-order valence-corrected chi connectivity index (χ4v) is 2.55. The summed E-state index contributed by atoms with van der Waals surface area (Å²) in [4.78, 5) is 2.31. The van der Waals surface area contributed by atoms with Crippen LogP contribution in [-0.4, -0.2) is 27.5 Å². The summed E-state index contributed by atoms with van der Waals surface area (Å²) in [5, 5.41) is 6.12. The van der Waals surface area contributed by atoms with Crippen molar-refractivity contribution in [3.8, 4) is 11.5 Å². The van der Waals surface area contributed by atoms with Gasteiger partial charge in [0.2, 0.25) is 0 Å². The number of nitrogens with zero attached hydrogens (tertiary/aromatic N) is 3. The Kier molecular flexibility index (Phi) is 2.29. The molecule has 0 aliphatic carbocycles. The molecule has 16 heavy (non-hydrogen) atoms. The van der Waals surface area contributed by atoms with Gasteiger partial charge >= 0.3 is 0 Å². The van der Waals surface area contributed by atoms with Crippen LogP contribution in [0.25, 0.3) is 11.5 Å². The lowest BCUT2D eigenvalue weighted by atomic mass is 10.00. The Balaban J connectivity index is 2.05. The molecule has 0 amide bonds. The molecule has 1 aliphatic rings. The zero-order chi connectivity index (χ0) is 11.1. The molecule has 84 valence electrons. The van der Waals surface area contributed by atoms with E-state index in [0.717, 1.165) is 30.1 Å². The van der Waals surface area contributed by atoms with E-state index in [1.54, 1.807) is 0 Å². The minimum absolute atomic E-state index is 0.529. The molecular weight excluding hydrogens is 222 g/mol. The maximum Gasteiger partial charge on any atom is 0.191 e. The van der Waals surface area contributed by atoms with Gasteiger partial charge in [0.15, 0.2) is 5.76 Å². The summed E-state index contributed by atoms with van der Waals surface area (Å²) in [6.45, 7) is 3.10. The number of likely N-dealkylation sites (N-methyl/N-ethyl adjacent to an activating group) is 1. The average Bonchev–Trinajstić information content (AvgIpc) is 2.87. The van der Waals surface area contributed by atoms with E-state index in [2.05, 4.69) is 28.4 Å². The van der Waals surface area contributed by atoms with Gasteiger partial charge < -0.3 is 4.52 Å². The van der Waals surface area contributed by atoms with Crippen molar-refractivity contribution in [2.45, 2.75) is 25.9 Å². The number of aromatic nitrogens is 2. The topological polar surface area (TPSA) is 42.2 Å². The molecule has 0 bridgehead atoms. The first kappa shape index (κ1) is 9.99. The van der Waals surface area contributed by atoms with Gasteiger partial charge in [0.25, 0.3) is 0 Å². The molecular formula is C11H13N3OS. The molecule has 1 atom stereocenters. The smallest absolute Gasteiger partial charge is 0.191 e. The molecule has 0 unspecified atom stereocenters. The predicted molar refractivity (Wildman–Crippen MR) is 62.2 cm³/mol. The van der Waals surface area contributed by atoms with Crippen molar-refractivity contribution in [3.63, 3.8) is 0 Å². The summed E-state index contributed by atoms with van der Waals surface area (Å²) in [6.07, 6.45) is 0.958. The van der Waals surface area contributed by atoms with Crippen molar-refractivity contribution in [1.82, 2.24) is 14.4 Å². The highest BCUT2D eigenvalue weighted by molar-refractivity contribution is 7.03. The second-order valence-corrected chi connectivity index (χ2v) is 4.96. The largest absolute Gasteiger partial charge is 0.354 e. The third kappa shape index (κ3) is 1.47. The highest BCUT2D eigenvalue weighted by Gasteiger charge is 2.27. The Morgan fingerprint density at radius 3 is 3.19 bits per heavy atom. The lowest BCUT2D eigenvalue weighted by Gasteiger charge is -2.28. The molecule has 0 saturated carbocycles. The number of rotatable bonds is 1. The van der Waals surface area contributed by atoms with Crippen molar-refractivity contribution in [1.29, 1.82) is 0 Å². The van der Waals surface area contributed by atoms with Crippen LogP contribution in [0.15, 0.2) is 16.0 Å². The first-order valence-electron chi connectivity index (χ1n) is 5.34. The van der Waals surface area contributed by atoms with Crippen molar-refractivity contribution < 1.29 is 4.52 Å². The van der Waals surface area contributed by atoms with E-state index in [-0.39, 0.29) is 0 Å². The van der Waals surface area contributed by atoms with Crippen LogP contribution in [0.5, 0.6) is 0 Å². The van der Waals surface area contributed by atoms with Crippen molar-refractivity contribution in [2.75, 3.05) is 7.05 Å². The van der Waals surface area contributed by atoms with Gasteiger partial charge in [-0.15, -0.1) is 0 Å². The van der Waals surface area contributed by atoms with E-state index in [1.165, 1.54) is 17.1 Å². The SMILES string of the molecule is C[C@H]1Cc2noc(-c3ccsn3)c2CN1C. The van der Waals surface area contributed by atoms with Gasteiger partial charge in [-0.3, -0.25) is 4.90 Å². The van der Waals surface area contributed by atoms with Gasteiger partial charge in [-0.25, -0.2) is 0 Å². The van der Waals surface area contributed by atoms with Gasteiger partial charge in [0.05, 0.1) is 5.69 Å². The van der Waals surface area contributed by atoms with Gasteiger partial charge in [0.1, 0.15) is 5.69 Å². The molecule has 4 nitrogen and oxygen atoms in total. The summed E-state index contributed by atoms with van der Waals surface area (Å²) in [6, 6.07) is 2.50. The molecule has 0 fully saturated rings. The Morgan fingerprint density at radius 1 is 1.56 bits per heavy atom. The molecule has 0 aromatic carbocycles. The molecule has 1 aliphatic heterocycles. The Labute approximate surface area is 98.0 Å². The second kappa shape index (κ2) is 3.68. The van der Waals surface area contributed by atoms with Crippen LogP contribution in [0.2, 0.25) is 0 Å². The normalized spacial score (nSPS) is 21.0. The third-order valence-electron chi connectivity index (χ3n) is 3.19. The molecule has 0 saturated heterocycles. The monoisotopic (exact) mass is 235 g/mol. The molecule has 3 heterocycles.